The SMILES string of the molecule is CCNC(COCC)C(=O)CC. The Bertz CT molecular complexity index is 126. The first-order valence-corrected chi connectivity index (χ1v) is 4.60. The van der Waals surface area contributed by atoms with Crippen LogP contribution in [0.4, 0.5) is 0 Å². The first kappa shape index (κ1) is 11.6. The lowest BCUT2D eigenvalue weighted by molar-refractivity contribution is -0.122. The second-order valence-electron chi connectivity index (χ2n) is 2.59. The third-order valence-corrected chi connectivity index (χ3v) is 1.68. The van der Waals surface area contributed by atoms with Crippen LogP contribution < -0.4 is 5.32 Å². The van der Waals surface area contributed by atoms with Gasteiger partial charge in [0.05, 0.1) is 12.6 Å². The van der Waals surface area contributed by atoms with Gasteiger partial charge in [-0.05, 0) is 13.5 Å². The van der Waals surface area contributed by atoms with E-state index in [1.807, 2.05) is 20.8 Å². The zero-order chi connectivity index (χ0) is 9.40. The van der Waals surface area contributed by atoms with Gasteiger partial charge in [0.25, 0.3) is 0 Å². The zero-order valence-corrected chi connectivity index (χ0v) is 8.22. The molecule has 3 heteroatoms. The smallest absolute Gasteiger partial charge is 0.151 e. The van der Waals surface area contributed by atoms with Crippen molar-refractivity contribution in [1.82, 2.24) is 5.32 Å². The van der Waals surface area contributed by atoms with Gasteiger partial charge in [0.2, 0.25) is 0 Å². The summed E-state index contributed by atoms with van der Waals surface area (Å²) in [6.45, 7) is 7.76. The van der Waals surface area contributed by atoms with Crippen molar-refractivity contribution >= 4 is 5.78 Å². The molecule has 12 heavy (non-hydrogen) atoms. The molecule has 0 aliphatic heterocycles. The molecule has 0 spiro atoms. The molecule has 0 amide bonds. The molecule has 0 aliphatic rings. The van der Waals surface area contributed by atoms with Crippen molar-refractivity contribution in [3.63, 3.8) is 0 Å². The highest BCUT2D eigenvalue weighted by molar-refractivity contribution is 5.83. The Kier molecular flexibility index (Phi) is 7.00. The van der Waals surface area contributed by atoms with E-state index < -0.39 is 0 Å². The number of rotatable bonds is 7. The zero-order valence-electron chi connectivity index (χ0n) is 8.22. The third-order valence-electron chi connectivity index (χ3n) is 1.68. The normalized spacial score (nSPS) is 12.9. The number of ketones is 1. The molecule has 3 nitrogen and oxygen atoms in total. The summed E-state index contributed by atoms with van der Waals surface area (Å²) in [6, 6.07) is -0.111. The van der Waals surface area contributed by atoms with Crippen molar-refractivity contribution in [1.29, 1.82) is 0 Å². The van der Waals surface area contributed by atoms with Gasteiger partial charge in [0.1, 0.15) is 0 Å². The minimum absolute atomic E-state index is 0.111. The van der Waals surface area contributed by atoms with E-state index in [0.29, 0.717) is 19.6 Å². The molecule has 0 bridgehead atoms. The van der Waals surface area contributed by atoms with Crippen molar-refractivity contribution in [3.05, 3.63) is 0 Å². The maximum absolute atomic E-state index is 11.3. The van der Waals surface area contributed by atoms with Gasteiger partial charge in [-0.25, -0.2) is 0 Å². The predicted octanol–water partition coefficient (Wildman–Crippen LogP) is 0.980. The van der Waals surface area contributed by atoms with Crippen LogP contribution in [-0.2, 0) is 9.53 Å². The molecular formula is C9H19NO2. The van der Waals surface area contributed by atoms with Gasteiger partial charge >= 0.3 is 0 Å². The number of ether oxygens (including phenoxy) is 1. The van der Waals surface area contributed by atoms with E-state index >= 15 is 0 Å². The summed E-state index contributed by atoms with van der Waals surface area (Å²) >= 11 is 0. The van der Waals surface area contributed by atoms with E-state index in [9.17, 15) is 4.79 Å². The number of hydrogen-bond donors (Lipinski definition) is 1. The number of Topliss-reactive ketones (excluding diaryl/α,β-unsaturated/α-hetero) is 1. The molecule has 0 aliphatic carbocycles. The minimum atomic E-state index is -0.111. The van der Waals surface area contributed by atoms with E-state index in [2.05, 4.69) is 5.32 Å². The quantitative estimate of drug-likeness (QED) is 0.623. The van der Waals surface area contributed by atoms with Crippen molar-refractivity contribution < 1.29 is 9.53 Å². The fourth-order valence-electron chi connectivity index (χ4n) is 0.994. The Hall–Kier alpha value is -0.410. The summed E-state index contributed by atoms with van der Waals surface area (Å²) < 4.78 is 5.19. The van der Waals surface area contributed by atoms with Crippen LogP contribution in [0.3, 0.4) is 0 Å². The molecule has 0 rings (SSSR count). The van der Waals surface area contributed by atoms with Gasteiger partial charge in [-0.15, -0.1) is 0 Å². The van der Waals surface area contributed by atoms with E-state index in [0.717, 1.165) is 6.54 Å². The standard InChI is InChI=1S/C9H19NO2/c1-4-9(11)8(10-5-2)7-12-6-3/h8,10H,4-7H2,1-3H3. The number of carbonyl (C=O) groups excluding carboxylic acids is 1. The Morgan fingerprint density at radius 2 is 2.08 bits per heavy atom. The van der Waals surface area contributed by atoms with Crippen LogP contribution in [0.15, 0.2) is 0 Å². The molecular weight excluding hydrogens is 154 g/mol. The van der Waals surface area contributed by atoms with Crippen molar-refractivity contribution in [2.45, 2.75) is 33.2 Å². The van der Waals surface area contributed by atoms with Crippen LogP contribution in [-0.4, -0.2) is 31.6 Å². The topological polar surface area (TPSA) is 38.3 Å². The van der Waals surface area contributed by atoms with Gasteiger partial charge in [-0.3, -0.25) is 4.79 Å². The lowest BCUT2D eigenvalue weighted by atomic mass is 10.1. The Balaban J connectivity index is 3.76. The maximum atomic E-state index is 11.3. The number of nitrogens with one attached hydrogen (secondary N) is 1. The Morgan fingerprint density at radius 3 is 2.50 bits per heavy atom. The molecule has 0 heterocycles. The second-order valence-corrected chi connectivity index (χ2v) is 2.59. The number of carbonyl (C=O) groups is 1. The van der Waals surface area contributed by atoms with Gasteiger partial charge in [0, 0.05) is 13.0 Å². The summed E-state index contributed by atoms with van der Waals surface area (Å²) in [7, 11) is 0. The molecule has 0 aromatic carbocycles. The van der Waals surface area contributed by atoms with Crippen LogP contribution in [0.2, 0.25) is 0 Å². The number of hydrogen-bond acceptors (Lipinski definition) is 3. The Labute approximate surface area is 74.5 Å². The molecule has 1 unspecified atom stereocenters. The van der Waals surface area contributed by atoms with Crippen molar-refractivity contribution in [2.75, 3.05) is 19.8 Å². The second kappa shape index (κ2) is 7.25. The monoisotopic (exact) mass is 173 g/mol. The van der Waals surface area contributed by atoms with E-state index in [1.165, 1.54) is 0 Å². The van der Waals surface area contributed by atoms with Crippen LogP contribution in [0.5, 0.6) is 0 Å². The molecule has 0 aromatic heterocycles. The molecule has 0 saturated carbocycles. The molecule has 0 radical (unpaired) electrons. The van der Waals surface area contributed by atoms with Gasteiger partial charge in [-0.2, -0.15) is 0 Å². The highest BCUT2D eigenvalue weighted by Crippen LogP contribution is 1.92. The molecule has 0 fully saturated rings. The third kappa shape index (κ3) is 4.46. The average molecular weight is 173 g/mol. The molecule has 1 atom stereocenters. The summed E-state index contributed by atoms with van der Waals surface area (Å²) in [5.74, 6) is 0.227. The molecule has 0 aromatic rings. The number of likely N-dealkylation sites (N-methyl/N-ethyl adjacent to an activating group) is 1. The van der Waals surface area contributed by atoms with Crippen LogP contribution in [0.1, 0.15) is 27.2 Å². The Morgan fingerprint density at radius 1 is 1.42 bits per heavy atom. The molecule has 72 valence electrons. The van der Waals surface area contributed by atoms with E-state index in [-0.39, 0.29) is 11.8 Å². The summed E-state index contributed by atoms with van der Waals surface area (Å²) in [4.78, 5) is 11.3. The first-order chi connectivity index (χ1) is 5.76. The van der Waals surface area contributed by atoms with Crippen molar-refractivity contribution in [3.8, 4) is 0 Å². The lowest BCUT2D eigenvalue weighted by Gasteiger charge is -2.15. The average Bonchev–Trinajstić information content (AvgIpc) is 2.11. The summed E-state index contributed by atoms with van der Waals surface area (Å²) in [5, 5.41) is 3.09. The maximum Gasteiger partial charge on any atom is 0.151 e. The predicted molar refractivity (Wildman–Crippen MR) is 49.3 cm³/mol. The highest BCUT2D eigenvalue weighted by atomic mass is 16.5. The van der Waals surface area contributed by atoms with Crippen LogP contribution in [0.25, 0.3) is 0 Å². The highest BCUT2D eigenvalue weighted by Gasteiger charge is 2.14. The van der Waals surface area contributed by atoms with E-state index in [4.69, 9.17) is 4.74 Å². The minimum Gasteiger partial charge on any atom is -0.380 e. The van der Waals surface area contributed by atoms with E-state index in [1.54, 1.807) is 0 Å². The lowest BCUT2D eigenvalue weighted by Crippen LogP contribution is -2.40. The van der Waals surface area contributed by atoms with Crippen molar-refractivity contribution in [2.24, 2.45) is 0 Å². The summed E-state index contributed by atoms with van der Waals surface area (Å²) in [5.41, 5.74) is 0. The molecule has 0 saturated heterocycles. The fourth-order valence-corrected chi connectivity index (χ4v) is 0.994. The van der Waals surface area contributed by atoms with Gasteiger partial charge in [0.15, 0.2) is 5.78 Å². The largest absolute Gasteiger partial charge is 0.380 e. The fraction of sp³-hybridized carbons (Fsp3) is 0.889. The van der Waals surface area contributed by atoms with Crippen LogP contribution in [0, 0.1) is 0 Å². The van der Waals surface area contributed by atoms with Crippen LogP contribution >= 0.6 is 0 Å². The first-order valence-electron chi connectivity index (χ1n) is 4.60. The summed E-state index contributed by atoms with van der Waals surface area (Å²) in [6.07, 6.45) is 0.574. The van der Waals surface area contributed by atoms with Gasteiger partial charge in [-0.1, -0.05) is 13.8 Å². The van der Waals surface area contributed by atoms with Gasteiger partial charge < -0.3 is 10.1 Å². The molecule has 1 N–H and O–H groups in total.